The second-order valence-corrected chi connectivity index (χ2v) is 19.6. The zero-order chi connectivity index (χ0) is 46.1. The van der Waals surface area contributed by atoms with Crippen LogP contribution >= 0.6 is 23.2 Å². The molecule has 16 heteroatoms. The number of nitriles is 1. The SMILES string of the molecule is Cn1c(=O)n(C2CCC(=O)NC2=O)c2cccc(CN3CC(C4CCN(C5CCN(c6nccc(COc7ccc(C(C)(C)c8cc(Cl)c(OCCCl)c(C#N)c8)cc7)n6)CC5)CC4)C3)c21. The molecule has 0 spiro atoms. The van der Waals surface area contributed by atoms with Crippen LogP contribution in [0.15, 0.2) is 71.7 Å². The standard InChI is InChI=1S/C50H57Cl2N9O5/c1-50(2,37-25-34(27-53)46(41(52)26-37)65-24-18-51)36-7-9-40(10-8-36)66-31-38-13-19-54-48(55-38)60-22-16-39(17-23-60)59-20-14-32(15-21-59)35-29-58(30-35)28-33-5-4-6-42-45(33)57(3)49(64)61(42)43-11-12-44(62)56-47(43)63/h4-10,13,19,25-26,32,35,39,43H,11-12,14-18,20-24,28-31H2,1-3H3,(H,56,62,63). The number of alkyl halides is 1. The van der Waals surface area contributed by atoms with E-state index in [2.05, 4.69) is 51.0 Å². The molecule has 4 saturated heterocycles. The Bertz CT molecular complexity index is 2690. The highest BCUT2D eigenvalue weighted by Crippen LogP contribution is 2.39. The van der Waals surface area contributed by atoms with E-state index in [9.17, 15) is 19.6 Å². The fourth-order valence-corrected chi connectivity index (χ4v) is 10.9. The van der Waals surface area contributed by atoms with Gasteiger partial charge in [0, 0.05) is 63.8 Å². The third-order valence-electron chi connectivity index (χ3n) is 14.5. The summed E-state index contributed by atoms with van der Waals surface area (Å²) < 4.78 is 15.1. The molecular weight excluding hydrogens is 878 g/mol. The first kappa shape index (κ1) is 45.7. The van der Waals surface area contributed by atoms with E-state index in [1.807, 2.05) is 60.8 Å². The fourth-order valence-electron chi connectivity index (χ4n) is 10.6. The Morgan fingerprint density at radius 2 is 1.67 bits per heavy atom. The van der Waals surface area contributed by atoms with E-state index in [1.165, 1.54) is 12.8 Å². The molecule has 0 radical (unpaired) electrons. The number of piperidine rings is 3. The van der Waals surface area contributed by atoms with Crippen molar-refractivity contribution >= 4 is 52.0 Å². The van der Waals surface area contributed by atoms with Crippen molar-refractivity contribution in [2.75, 3.05) is 56.7 Å². The maximum Gasteiger partial charge on any atom is 0.329 e. The van der Waals surface area contributed by atoms with E-state index in [4.69, 9.17) is 37.7 Å². The van der Waals surface area contributed by atoms with Crippen molar-refractivity contribution in [1.29, 1.82) is 5.26 Å². The smallest absolute Gasteiger partial charge is 0.329 e. The van der Waals surface area contributed by atoms with Crippen LogP contribution in [0.4, 0.5) is 5.95 Å². The maximum atomic E-state index is 13.4. The molecule has 9 rings (SSSR count). The number of likely N-dealkylation sites (tertiary alicyclic amines) is 2. The average molecular weight is 935 g/mol. The number of amides is 2. The zero-order valence-corrected chi connectivity index (χ0v) is 39.4. The van der Waals surface area contributed by atoms with Crippen molar-refractivity contribution in [2.45, 2.75) is 83.0 Å². The normalized spacial score (nSPS) is 19.5. The lowest BCUT2D eigenvalue weighted by molar-refractivity contribution is -0.135. The van der Waals surface area contributed by atoms with Gasteiger partial charge in [-0.05, 0) is 110 Å². The van der Waals surface area contributed by atoms with Crippen molar-refractivity contribution in [3.05, 3.63) is 110 Å². The number of anilines is 1. The van der Waals surface area contributed by atoms with Crippen LogP contribution in [0.2, 0.25) is 5.02 Å². The van der Waals surface area contributed by atoms with Crippen LogP contribution in [-0.4, -0.2) is 98.5 Å². The van der Waals surface area contributed by atoms with Crippen LogP contribution in [0.25, 0.3) is 11.0 Å². The lowest BCUT2D eigenvalue weighted by Gasteiger charge is -2.48. The van der Waals surface area contributed by atoms with Gasteiger partial charge in [0.05, 0.1) is 33.2 Å². The first-order valence-corrected chi connectivity index (χ1v) is 24.0. The Hall–Kier alpha value is -5.46. The van der Waals surface area contributed by atoms with Crippen LogP contribution < -0.4 is 25.4 Å². The van der Waals surface area contributed by atoms with Gasteiger partial charge >= 0.3 is 5.69 Å². The number of fused-ring (bicyclic) bond motifs is 1. The van der Waals surface area contributed by atoms with Crippen LogP contribution in [-0.2, 0) is 35.2 Å². The van der Waals surface area contributed by atoms with E-state index in [0.717, 1.165) is 110 Å². The van der Waals surface area contributed by atoms with Gasteiger partial charge in [-0.3, -0.25) is 28.9 Å². The van der Waals surface area contributed by atoms with Crippen molar-refractivity contribution < 1.29 is 19.1 Å². The number of hydrogen-bond acceptors (Lipinski definition) is 11. The van der Waals surface area contributed by atoms with Gasteiger partial charge in [0.1, 0.15) is 31.1 Å². The van der Waals surface area contributed by atoms with Gasteiger partial charge in [0.2, 0.25) is 17.8 Å². The molecule has 2 amide bonds. The largest absolute Gasteiger partial charge is 0.489 e. The highest BCUT2D eigenvalue weighted by atomic mass is 35.5. The van der Waals surface area contributed by atoms with Gasteiger partial charge in [0.25, 0.3) is 0 Å². The van der Waals surface area contributed by atoms with E-state index in [1.54, 1.807) is 16.2 Å². The molecule has 4 aliphatic rings. The zero-order valence-electron chi connectivity index (χ0n) is 37.8. The molecule has 0 bridgehead atoms. The molecule has 1 unspecified atom stereocenters. The molecule has 6 heterocycles. The summed E-state index contributed by atoms with van der Waals surface area (Å²) in [5.74, 6) is 2.85. The summed E-state index contributed by atoms with van der Waals surface area (Å²) in [6, 6.07) is 21.6. The number of imidazole rings is 1. The molecule has 4 aliphatic heterocycles. The highest BCUT2D eigenvalue weighted by Gasteiger charge is 2.38. The summed E-state index contributed by atoms with van der Waals surface area (Å²) in [6.45, 7) is 11.8. The number of para-hydroxylation sites is 1. The maximum absolute atomic E-state index is 13.4. The second kappa shape index (κ2) is 19.4. The minimum absolute atomic E-state index is 0.227. The molecular formula is C50H57Cl2N9O5. The predicted molar refractivity (Wildman–Crippen MR) is 254 cm³/mol. The van der Waals surface area contributed by atoms with Crippen LogP contribution in [0, 0.1) is 23.2 Å². The Morgan fingerprint density at radius 1 is 0.909 bits per heavy atom. The summed E-state index contributed by atoms with van der Waals surface area (Å²) >= 11 is 12.4. The highest BCUT2D eigenvalue weighted by molar-refractivity contribution is 6.32. The van der Waals surface area contributed by atoms with E-state index in [-0.39, 0.29) is 24.6 Å². The summed E-state index contributed by atoms with van der Waals surface area (Å²) in [6.07, 6.45) is 7.00. The Morgan fingerprint density at radius 3 is 2.38 bits per heavy atom. The molecule has 0 aliphatic carbocycles. The molecule has 4 fully saturated rings. The van der Waals surface area contributed by atoms with Crippen LogP contribution in [0.1, 0.15) is 86.4 Å². The molecule has 346 valence electrons. The van der Waals surface area contributed by atoms with Gasteiger partial charge in [-0.1, -0.05) is 49.7 Å². The number of nitrogens with one attached hydrogen (secondary N) is 1. The summed E-state index contributed by atoms with van der Waals surface area (Å²) in [5, 5.41) is 12.6. The van der Waals surface area contributed by atoms with Crippen LogP contribution in [0.5, 0.6) is 11.5 Å². The second-order valence-electron chi connectivity index (χ2n) is 18.8. The van der Waals surface area contributed by atoms with Gasteiger partial charge in [0.15, 0.2) is 5.75 Å². The monoisotopic (exact) mass is 933 g/mol. The Labute approximate surface area is 395 Å². The molecule has 66 heavy (non-hydrogen) atoms. The number of carbonyl (C=O) groups is 2. The van der Waals surface area contributed by atoms with Gasteiger partial charge in [-0.25, -0.2) is 14.8 Å². The van der Waals surface area contributed by atoms with Gasteiger partial charge in [-0.15, -0.1) is 11.6 Å². The molecule has 2 aromatic heterocycles. The minimum Gasteiger partial charge on any atom is -0.489 e. The van der Waals surface area contributed by atoms with E-state index in [0.29, 0.717) is 47.2 Å². The number of carbonyl (C=O) groups excluding carboxylic acids is 2. The summed E-state index contributed by atoms with van der Waals surface area (Å²) in [5.41, 5.74) is 5.18. The summed E-state index contributed by atoms with van der Waals surface area (Å²) in [4.78, 5) is 54.9. The van der Waals surface area contributed by atoms with Gasteiger partial charge in [-0.2, -0.15) is 5.26 Å². The van der Waals surface area contributed by atoms with Gasteiger partial charge < -0.3 is 19.3 Å². The number of ether oxygens (including phenoxy) is 2. The molecule has 1 atom stereocenters. The number of hydrogen-bond donors (Lipinski definition) is 1. The quantitative estimate of drug-likeness (QED) is 0.0909. The molecule has 14 nitrogen and oxygen atoms in total. The van der Waals surface area contributed by atoms with Crippen molar-refractivity contribution in [3.8, 4) is 17.6 Å². The van der Waals surface area contributed by atoms with Crippen molar-refractivity contribution in [3.63, 3.8) is 0 Å². The molecule has 0 saturated carbocycles. The number of rotatable bonds is 14. The number of nitrogens with zero attached hydrogens (tertiary/aromatic N) is 8. The van der Waals surface area contributed by atoms with Crippen molar-refractivity contribution in [1.82, 2.24) is 34.2 Å². The number of halogens is 2. The topological polar surface area (TPSA) is 151 Å². The third kappa shape index (κ3) is 9.28. The summed E-state index contributed by atoms with van der Waals surface area (Å²) in [7, 11) is 1.77. The van der Waals surface area contributed by atoms with E-state index < -0.39 is 17.4 Å². The Kier molecular flexibility index (Phi) is 13.4. The van der Waals surface area contributed by atoms with Crippen LogP contribution in [0.3, 0.4) is 0 Å². The number of imide groups is 1. The first-order valence-electron chi connectivity index (χ1n) is 23.1. The number of benzene rings is 3. The lowest BCUT2D eigenvalue weighted by Crippen LogP contribution is -2.53. The molecule has 5 aromatic rings. The Balaban J connectivity index is 0.723. The van der Waals surface area contributed by atoms with E-state index >= 15 is 0 Å². The predicted octanol–water partition coefficient (Wildman–Crippen LogP) is 6.97. The third-order valence-corrected chi connectivity index (χ3v) is 14.9. The first-order chi connectivity index (χ1) is 31.9. The molecule has 1 N–H and O–H groups in total. The number of aryl methyl sites for hydroxylation is 1. The fraction of sp³-hybridized carbons (Fsp3) is 0.480. The van der Waals surface area contributed by atoms with Crippen molar-refractivity contribution in [2.24, 2.45) is 18.9 Å². The lowest BCUT2D eigenvalue weighted by atomic mass is 9.77. The number of aromatic nitrogens is 4. The molecule has 3 aromatic carbocycles. The average Bonchev–Trinajstić information content (AvgIpc) is 3.57. The minimum atomic E-state index is -0.681.